The molecule has 7 heteroatoms. The molecule has 2 aromatic heterocycles. The van der Waals surface area contributed by atoms with Crippen molar-refractivity contribution in [1.82, 2.24) is 5.58 Å². The Hall–Kier alpha value is -2.02. The SMILES string of the molecule is CCC1=C(C)C2=Cc3c(CC)c(C)c4[n]3[Sn]([Cl])([Cl])[n]3c(c(C)c(CC)c3=CC3=NC5=C4C=C(C)[C@]5(CC)[C@H]3C)=CC1=N2. The van der Waals surface area contributed by atoms with E-state index < -0.39 is 16.7 Å². The van der Waals surface area contributed by atoms with Crippen molar-refractivity contribution >= 4 is 69.7 Å². The predicted octanol–water partition coefficient (Wildman–Crippen LogP) is 7.61. The zero-order valence-electron chi connectivity index (χ0n) is 26.3. The molecule has 4 aliphatic heterocycles. The summed E-state index contributed by atoms with van der Waals surface area (Å²) in [6, 6.07) is 0. The first-order valence-electron chi connectivity index (χ1n) is 15.6. The molecule has 5 aliphatic rings. The maximum atomic E-state index is 8.08. The minimum absolute atomic E-state index is 0.115. The molecule has 218 valence electrons. The molecule has 1 aliphatic carbocycles. The molecule has 0 spiro atoms. The summed E-state index contributed by atoms with van der Waals surface area (Å²) in [5, 5.41) is 2.23. The molecule has 0 aromatic carbocycles. The summed E-state index contributed by atoms with van der Waals surface area (Å²) in [4.78, 5) is 10.8. The standard InChI is InChI=1S/C35H40N4.2ClH.Sn/c1-10-23-19(6)28-16-32-25(12-3)21(8)33(38-32)26-14-18(5)35(13-4)22(9)29(39-34(26)35)17-31-24(11-2)20(7)27(37-31)15-30(23)36-28;;;/h14-17,22H,10-13H2,1-9H3;2*1H;/q-2;;;+4/p-2/t22-,35+;;;/m0.../s1. The van der Waals surface area contributed by atoms with E-state index in [1.807, 2.05) is 0 Å². The Bertz CT molecular complexity index is 1950. The molecule has 4 nitrogen and oxygen atoms in total. The maximum absolute atomic E-state index is 8.08. The zero-order chi connectivity index (χ0) is 30.0. The van der Waals surface area contributed by atoms with Crippen LogP contribution in [-0.2, 0) is 12.8 Å². The van der Waals surface area contributed by atoms with Gasteiger partial charge in [-0.05, 0) is 0 Å². The van der Waals surface area contributed by atoms with E-state index in [1.165, 1.54) is 50.2 Å². The molecule has 0 amide bonds. The summed E-state index contributed by atoms with van der Waals surface area (Å²) in [5.41, 5.74) is 16.8. The third kappa shape index (κ3) is 3.32. The first-order valence-corrected chi connectivity index (χ1v) is 25.4. The van der Waals surface area contributed by atoms with Gasteiger partial charge in [-0.25, -0.2) is 0 Å². The van der Waals surface area contributed by atoms with Crippen molar-refractivity contribution < 1.29 is 0 Å². The second-order valence-corrected chi connectivity index (χ2v) is 26.4. The zero-order valence-corrected chi connectivity index (χ0v) is 30.6. The van der Waals surface area contributed by atoms with Crippen LogP contribution in [0.1, 0.15) is 94.9 Å². The number of rotatable bonds is 4. The van der Waals surface area contributed by atoms with E-state index in [-0.39, 0.29) is 11.3 Å². The molecular weight excluding hydrogens is 666 g/mol. The van der Waals surface area contributed by atoms with Crippen molar-refractivity contribution in [3.8, 4) is 0 Å². The second kappa shape index (κ2) is 9.49. The topological polar surface area (TPSA) is 34.6 Å². The van der Waals surface area contributed by atoms with Gasteiger partial charge in [0.25, 0.3) is 0 Å². The van der Waals surface area contributed by atoms with Crippen LogP contribution in [0.3, 0.4) is 0 Å². The fraction of sp³-hybridized carbons (Fsp3) is 0.429. The average Bonchev–Trinajstić information content (AvgIpc) is 3.66. The summed E-state index contributed by atoms with van der Waals surface area (Å²) >= 11 is -4.54. The van der Waals surface area contributed by atoms with Gasteiger partial charge in [0.1, 0.15) is 0 Å². The van der Waals surface area contributed by atoms with Crippen molar-refractivity contribution in [3.05, 3.63) is 78.5 Å². The van der Waals surface area contributed by atoms with Crippen LogP contribution >= 0.6 is 17.8 Å². The molecule has 0 N–H and O–H groups in total. The van der Waals surface area contributed by atoms with Gasteiger partial charge in [0.05, 0.1) is 0 Å². The first-order chi connectivity index (χ1) is 20.0. The van der Waals surface area contributed by atoms with E-state index >= 15 is 0 Å². The molecular formula is C35H40Cl2N4Sn. The second-order valence-electron chi connectivity index (χ2n) is 12.5. The van der Waals surface area contributed by atoms with E-state index in [4.69, 9.17) is 27.8 Å². The average molecular weight is 706 g/mol. The first kappa shape index (κ1) is 28.7. The van der Waals surface area contributed by atoms with E-state index in [0.29, 0.717) is 0 Å². The molecule has 2 atom stereocenters. The van der Waals surface area contributed by atoms with Crippen LogP contribution in [0, 0.1) is 25.2 Å². The number of hydrogen-bond donors (Lipinski definition) is 0. The van der Waals surface area contributed by atoms with Gasteiger partial charge in [0.2, 0.25) is 0 Å². The number of allylic oxidation sites excluding steroid dienone is 5. The third-order valence-corrected chi connectivity index (χ3v) is 21.3. The Morgan fingerprint density at radius 2 is 1.55 bits per heavy atom. The van der Waals surface area contributed by atoms with Crippen molar-refractivity contribution in [1.29, 1.82) is 0 Å². The molecule has 0 radical (unpaired) electrons. The molecule has 6 heterocycles. The van der Waals surface area contributed by atoms with E-state index in [1.54, 1.807) is 0 Å². The quantitative estimate of drug-likeness (QED) is 0.294. The van der Waals surface area contributed by atoms with Gasteiger partial charge in [-0.3, -0.25) is 0 Å². The molecule has 6 bridgehead atoms. The Morgan fingerprint density at radius 1 is 0.833 bits per heavy atom. The van der Waals surface area contributed by atoms with Crippen molar-refractivity contribution in [2.75, 3.05) is 0 Å². The number of nitrogens with zero attached hydrogens (tertiary/aromatic N) is 4. The summed E-state index contributed by atoms with van der Waals surface area (Å²) < 4.78 is 4.79. The monoisotopic (exact) mass is 706 g/mol. The number of aromatic nitrogens is 2. The van der Waals surface area contributed by atoms with E-state index in [0.717, 1.165) is 64.9 Å². The summed E-state index contributed by atoms with van der Waals surface area (Å²) in [6.45, 7) is 20.4. The van der Waals surface area contributed by atoms with E-state index in [2.05, 4.69) is 92.2 Å². The Labute approximate surface area is 261 Å². The summed E-state index contributed by atoms with van der Waals surface area (Å²) in [5.74, 6) is 0.254. The van der Waals surface area contributed by atoms with Gasteiger partial charge in [-0.15, -0.1) is 0 Å². The molecule has 0 fully saturated rings. The van der Waals surface area contributed by atoms with Gasteiger partial charge in [0.15, 0.2) is 0 Å². The van der Waals surface area contributed by atoms with Crippen molar-refractivity contribution in [2.45, 2.75) is 88.0 Å². The van der Waals surface area contributed by atoms with Crippen LogP contribution in [0.5, 0.6) is 0 Å². The van der Waals surface area contributed by atoms with Gasteiger partial charge in [0, 0.05) is 0 Å². The number of hydrogen-bond acceptors (Lipinski definition) is 2. The molecule has 0 unspecified atom stereocenters. The minimum atomic E-state index is -4.54. The van der Waals surface area contributed by atoms with Crippen molar-refractivity contribution in [3.63, 3.8) is 0 Å². The fourth-order valence-electron chi connectivity index (χ4n) is 8.75. The van der Waals surface area contributed by atoms with Crippen LogP contribution in [0.25, 0.3) is 23.8 Å². The van der Waals surface area contributed by atoms with Gasteiger partial charge >= 0.3 is 263 Å². The summed E-state index contributed by atoms with van der Waals surface area (Å²) in [6.07, 6.45) is 13.0. The van der Waals surface area contributed by atoms with Gasteiger partial charge < -0.3 is 0 Å². The molecule has 7 rings (SSSR count). The molecule has 0 saturated carbocycles. The number of halogens is 2. The Morgan fingerprint density at radius 3 is 2.19 bits per heavy atom. The van der Waals surface area contributed by atoms with Crippen LogP contribution in [0.15, 0.2) is 44.2 Å². The predicted molar refractivity (Wildman–Crippen MR) is 182 cm³/mol. The van der Waals surface area contributed by atoms with Gasteiger partial charge in [-0.2, -0.15) is 0 Å². The summed E-state index contributed by atoms with van der Waals surface area (Å²) in [7, 11) is 16.2. The van der Waals surface area contributed by atoms with Crippen LogP contribution < -0.4 is 10.7 Å². The van der Waals surface area contributed by atoms with Crippen LogP contribution in [0.4, 0.5) is 0 Å². The number of aliphatic imine (C=N–C) groups is 2. The Kier molecular flexibility index (Phi) is 6.49. The normalized spacial score (nSPS) is 24.8. The molecule has 42 heavy (non-hydrogen) atoms. The fourth-order valence-corrected chi connectivity index (χ4v) is 20.0. The molecule has 2 aromatic rings. The van der Waals surface area contributed by atoms with Crippen molar-refractivity contribution in [2.24, 2.45) is 21.3 Å². The number of fused-ring (bicyclic) bond motifs is 2. The van der Waals surface area contributed by atoms with E-state index in [9.17, 15) is 0 Å². The Balaban J connectivity index is 1.80. The third-order valence-electron chi connectivity index (χ3n) is 11.0. The van der Waals surface area contributed by atoms with Crippen LogP contribution in [-0.4, -0.2) is 33.7 Å². The van der Waals surface area contributed by atoms with Crippen LogP contribution in [0.2, 0.25) is 0 Å². The molecule has 0 saturated heterocycles. The van der Waals surface area contributed by atoms with Gasteiger partial charge in [-0.1, -0.05) is 0 Å².